The number of hydrogen-bond acceptors (Lipinski definition) is 8. The number of rotatable bonds is 13. The van der Waals surface area contributed by atoms with Crippen molar-refractivity contribution >= 4 is 47.2 Å². The van der Waals surface area contributed by atoms with Gasteiger partial charge in [0.15, 0.2) is 0 Å². The summed E-state index contributed by atoms with van der Waals surface area (Å²) in [6, 6.07) is 13.1. The third-order valence-corrected chi connectivity index (χ3v) is 8.74. The minimum absolute atomic E-state index is 0.196. The highest BCUT2D eigenvalue weighted by molar-refractivity contribution is 5.95. The number of anilines is 2. The molecule has 6 amide bonds. The van der Waals surface area contributed by atoms with Gasteiger partial charge in [-0.25, -0.2) is 9.59 Å². The maximum Gasteiger partial charge on any atom is 0.407 e. The number of amides is 6. The Morgan fingerprint density at radius 3 is 1.36 bits per heavy atom. The van der Waals surface area contributed by atoms with E-state index in [9.17, 15) is 28.8 Å². The molecule has 0 aromatic heterocycles. The van der Waals surface area contributed by atoms with Gasteiger partial charge in [-0.1, -0.05) is 36.4 Å². The fraction of sp³-hybridized carbons (Fsp3) is 0.389. The number of nitrogens with zero attached hydrogens (tertiary/aromatic N) is 2. The first-order valence-corrected chi connectivity index (χ1v) is 16.4. The van der Waals surface area contributed by atoms with Crippen LogP contribution in [0, 0.1) is 11.8 Å². The van der Waals surface area contributed by atoms with Crippen LogP contribution in [-0.2, 0) is 28.7 Å². The third-order valence-electron chi connectivity index (χ3n) is 8.74. The van der Waals surface area contributed by atoms with E-state index in [0.29, 0.717) is 37.3 Å². The summed E-state index contributed by atoms with van der Waals surface area (Å²) in [5, 5.41) is 10.9. The Balaban J connectivity index is 1.26. The Morgan fingerprint density at radius 1 is 0.680 bits per heavy atom. The highest BCUT2D eigenvalue weighted by atomic mass is 16.5. The van der Waals surface area contributed by atoms with E-state index in [1.165, 1.54) is 14.2 Å². The molecule has 14 nitrogen and oxygen atoms in total. The molecule has 2 aromatic rings. The third kappa shape index (κ3) is 9.71. The number of alkyl carbamates (subject to hydrolysis) is 2. The van der Waals surface area contributed by atoms with E-state index in [1.54, 1.807) is 46.2 Å². The number of hydrogen-bond donors (Lipinski definition) is 4. The van der Waals surface area contributed by atoms with Crippen LogP contribution in [0.4, 0.5) is 21.0 Å². The maximum atomic E-state index is 13.0. The molecule has 0 aliphatic carbocycles. The molecule has 4 atom stereocenters. The van der Waals surface area contributed by atoms with Gasteiger partial charge in [0.05, 0.1) is 26.1 Å². The predicted octanol–water partition coefficient (Wildman–Crippen LogP) is 3.53. The van der Waals surface area contributed by atoms with Crippen LogP contribution in [0.2, 0.25) is 0 Å². The van der Waals surface area contributed by atoms with Crippen molar-refractivity contribution in [3.8, 4) is 11.1 Å². The summed E-state index contributed by atoms with van der Waals surface area (Å²) in [5.74, 6) is -1.76. The molecule has 2 aromatic carbocycles. The van der Waals surface area contributed by atoms with E-state index in [4.69, 9.17) is 0 Å². The van der Waals surface area contributed by atoms with Gasteiger partial charge in [-0.3, -0.25) is 19.2 Å². The van der Waals surface area contributed by atoms with Gasteiger partial charge in [0.1, 0.15) is 12.1 Å². The van der Waals surface area contributed by atoms with Crippen molar-refractivity contribution in [2.24, 2.45) is 11.8 Å². The number of benzene rings is 2. The van der Waals surface area contributed by atoms with Crippen molar-refractivity contribution in [1.29, 1.82) is 0 Å². The summed E-state index contributed by atoms with van der Waals surface area (Å²) < 4.78 is 9.22. The number of carbonyl (C=O) groups excluding carboxylic acids is 6. The fourth-order valence-corrected chi connectivity index (χ4v) is 5.95. The number of methoxy groups -OCH3 is 2. The van der Waals surface area contributed by atoms with Gasteiger partial charge in [-0.05, 0) is 61.1 Å². The van der Waals surface area contributed by atoms with E-state index in [1.807, 2.05) is 24.3 Å². The van der Waals surface area contributed by atoms with E-state index < -0.39 is 36.1 Å². The zero-order chi connectivity index (χ0) is 36.2. The Morgan fingerprint density at radius 2 is 1.04 bits per heavy atom. The Hall–Kier alpha value is -5.66. The monoisotopic (exact) mass is 688 g/mol. The Bertz CT molecular complexity index is 1460. The van der Waals surface area contributed by atoms with Crippen molar-refractivity contribution in [1.82, 2.24) is 20.4 Å². The molecule has 2 heterocycles. The van der Waals surface area contributed by atoms with E-state index in [-0.39, 0.29) is 49.6 Å². The molecule has 0 spiro atoms. The van der Waals surface area contributed by atoms with Gasteiger partial charge in [0, 0.05) is 37.6 Å². The minimum atomic E-state index is -0.810. The molecule has 4 N–H and O–H groups in total. The average Bonchev–Trinajstić information content (AvgIpc) is 3.83. The summed E-state index contributed by atoms with van der Waals surface area (Å²) >= 11 is 0. The average molecular weight is 689 g/mol. The van der Waals surface area contributed by atoms with Gasteiger partial charge in [0.2, 0.25) is 23.6 Å². The van der Waals surface area contributed by atoms with Crippen molar-refractivity contribution in [2.45, 2.75) is 37.8 Å². The maximum absolute atomic E-state index is 13.0. The van der Waals surface area contributed by atoms with Crippen LogP contribution >= 0.6 is 0 Å². The molecule has 266 valence electrons. The second-order valence-corrected chi connectivity index (χ2v) is 12.1. The normalized spacial score (nSPS) is 17.9. The lowest BCUT2D eigenvalue weighted by atomic mass is 10.0. The first kappa shape index (κ1) is 37.2. The molecular formula is C36H44N6O8. The van der Waals surface area contributed by atoms with Crippen molar-refractivity contribution in [3.63, 3.8) is 0 Å². The summed E-state index contributed by atoms with van der Waals surface area (Å²) in [4.78, 5) is 78.4. The van der Waals surface area contributed by atoms with E-state index in [0.717, 1.165) is 11.1 Å². The van der Waals surface area contributed by atoms with Crippen LogP contribution in [0.1, 0.15) is 25.7 Å². The molecule has 0 bridgehead atoms. The smallest absolute Gasteiger partial charge is 0.407 e. The predicted molar refractivity (Wildman–Crippen MR) is 187 cm³/mol. The molecule has 2 fully saturated rings. The number of carbonyl (C=O) groups is 6. The van der Waals surface area contributed by atoms with Crippen molar-refractivity contribution in [2.75, 3.05) is 51.0 Å². The molecule has 2 aliphatic rings. The van der Waals surface area contributed by atoms with Crippen LogP contribution in [0.3, 0.4) is 0 Å². The van der Waals surface area contributed by atoms with Crippen molar-refractivity contribution in [3.05, 3.63) is 73.8 Å². The first-order chi connectivity index (χ1) is 24.1. The second kappa shape index (κ2) is 17.7. The molecule has 2 saturated heterocycles. The molecule has 4 rings (SSSR count). The zero-order valence-electron chi connectivity index (χ0n) is 28.3. The van der Waals surface area contributed by atoms with Gasteiger partial charge < -0.3 is 40.5 Å². The molecule has 50 heavy (non-hydrogen) atoms. The Kier molecular flexibility index (Phi) is 13.1. The minimum Gasteiger partial charge on any atom is -0.453 e. The van der Waals surface area contributed by atoms with E-state index >= 15 is 0 Å². The Labute approximate surface area is 291 Å². The van der Waals surface area contributed by atoms with Crippen LogP contribution in [-0.4, -0.2) is 98.1 Å². The lowest BCUT2D eigenvalue weighted by Gasteiger charge is -2.23. The molecular weight excluding hydrogens is 644 g/mol. The van der Waals surface area contributed by atoms with Gasteiger partial charge >= 0.3 is 12.2 Å². The largest absolute Gasteiger partial charge is 0.453 e. The summed E-state index contributed by atoms with van der Waals surface area (Å²) in [5.41, 5.74) is 3.05. The second-order valence-electron chi connectivity index (χ2n) is 12.1. The molecule has 0 saturated carbocycles. The summed E-state index contributed by atoms with van der Waals surface area (Å²) in [6.07, 6.45) is 3.15. The standard InChI is InChI=1S/C36H44N6O8/c1-5-7-29(39-35(47)49-3)33(45)41-19-17-25(21-41)31(43)37-27-13-9-23(10-14-27)24-11-15-28(16-12-24)38-32(44)26-18-20-42(22-26)34(46)30(8-6-2)40-36(48)50-4/h5-6,9-16,25-26,29-30H,1-2,7-8,17-22H2,3-4H3,(H,37,43)(H,38,44)(H,39,47)(H,40,48)/t25-,26-,29-,30+/m0/s1. The van der Waals surface area contributed by atoms with Gasteiger partial charge in [-0.15, -0.1) is 13.2 Å². The van der Waals surface area contributed by atoms with Crippen molar-refractivity contribution < 1.29 is 38.2 Å². The number of nitrogens with one attached hydrogen (secondary N) is 4. The van der Waals surface area contributed by atoms with Crippen LogP contribution < -0.4 is 21.3 Å². The highest BCUT2D eigenvalue weighted by Gasteiger charge is 2.36. The molecule has 0 radical (unpaired) electrons. The quantitative estimate of drug-likeness (QED) is 0.231. The number of likely N-dealkylation sites (tertiary alicyclic amines) is 2. The highest BCUT2D eigenvalue weighted by Crippen LogP contribution is 2.26. The first-order valence-electron chi connectivity index (χ1n) is 16.4. The molecule has 2 aliphatic heterocycles. The van der Waals surface area contributed by atoms with Crippen LogP contribution in [0.25, 0.3) is 11.1 Å². The SMILES string of the molecule is C=CC[C@H](NC(=O)OC)C(=O)N1CC[C@H](C(=O)Nc2ccc(-c3ccc(NC(=O)[C@H]4CCN(C(=O)[C@@H](CC=C)NC(=O)OC)C4)cc3)cc2)C1. The fourth-order valence-electron chi connectivity index (χ4n) is 5.95. The lowest BCUT2D eigenvalue weighted by Crippen LogP contribution is -2.48. The van der Waals surface area contributed by atoms with Gasteiger partial charge in [-0.2, -0.15) is 0 Å². The van der Waals surface area contributed by atoms with Crippen LogP contribution in [0.15, 0.2) is 73.8 Å². The molecule has 0 unspecified atom stereocenters. The zero-order valence-corrected chi connectivity index (χ0v) is 28.3. The van der Waals surface area contributed by atoms with E-state index in [2.05, 4.69) is 43.9 Å². The lowest BCUT2D eigenvalue weighted by molar-refractivity contribution is -0.133. The van der Waals surface area contributed by atoms with Gasteiger partial charge in [0.25, 0.3) is 0 Å². The van der Waals surface area contributed by atoms with Crippen LogP contribution in [0.5, 0.6) is 0 Å². The topological polar surface area (TPSA) is 175 Å². The summed E-state index contributed by atoms with van der Waals surface area (Å²) in [7, 11) is 2.45. The molecule has 14 heteroatoms. The number of ether oxygens (including phenoxy) is 2. The summed E-state index contributed by atoms with van der Waals surface area (Å²) in [6.45, 7) is 8.56.